The van der Waals surface area contributed by atoms with Gasteiger partial charge in [0.05, 0.1) is 30.0 Å². The molecule has 0 saturated carbocycles. The standard InChI is InChI=1S/C22H17N5OS/c1-15-2-4-17(5-3-15)12-24-26-21(28)10-19-14-29-22-25-20(13-27(19)22)18-8-6-16(11-23)7-9-18/h2-9,12-14H,10H2,1H3,(H,26,28)/b24-12+. The second kappa shape index (κ2) is 8.09. The number of hydrogen-bond donors (Lipinski definition) is 1. The minimum atomic E-state index is -0.193. The van der Waals surface area contributed by atoms with Gasteiger partial charge in [-0.2, -0.15) is 10.4 Å². The number of imidazole rings is 1. The van der Waals surface area contributed by atoms with Gasteiger partial charge in [0, 0.05) is 22.8 Å². The molecule has 2 aromatic heterocycles. The Morgan fingerprint density at radius 3 is 2.72 bits per heavy atom. The van der Waals surface area contributed by atoms with Gasteiger partial charge in [-0.1, -0.05) is 42.0 Å². The number of aryl methyl sites for hydroxylation is 1. The molecular formula is C22H17N5OS. The lowest BCUT2D eigenvalue weighted by Crippen LogP contribution is -2.20. The molecular weight excluding hydrogens is 382 g/mol. The van der Waals surface area contributed by atoms with Crippen LogP contribution in [-0.4, -0.2) is 21.5 Å². The predicted molar refractivity (Wildman–Crippen MR) is 114 cm³/mol. The summed E-state index contributed by atoms with van der Waals surface area (Å²) in [4.78, 5) is 17.7. The van der Waals surface area contributed by atoms with Crippen molar-refractivity contribution in [3.63, 3.8) is 0 Å². The first kappa shape index (κ1) is 18.6. The molecule has 4 aromatic rings. The highest BCUT2D eigenvalue weighted by Gasteiger charge is 2.12. The molecule has 0 fully saturated rings. The third kappa shape index (κ3) is 4.23. The van der Waals surface area contributed by atoms with Crippen molar-refractivity contribution in [3.05, 3.63) is 82.5 Å². The number of nitrogens with zero attached hydrogens (tertiary/aromatic N) is 4. The zero-order valence-corrected chi connectivity index (χ0v) is 16.5. The summed E-state index contributed by atoms with van der Waals surface area (Å²) in [5.74, 6) is -0.193. The highest BCUT2D eigenvalue weighted by molar-refractivity contribution is 7.15. The van der Waals surface area contributed by atoms with Gasteiger partial charge < -0.3 is 0 Å². The van der Waals surface area contributed by atoms with Crippen LogP contribution in [0.1, 0.15) is 22.4 Å². The van der Waals surface area contributed by atoms with Gasteiger partial charge in [-0.25, -0.2) is 10.4 Å². The number of thiazole rings is 1. The number of rotatable bonds is 5. The molecule has 0 spiro atoms. The number of hydrogen-bond acceptors (Lipinski definition) is 5. The Morgan fingerprint density at radius 1 is 1.24 bits per heavy atom. The maximum absolute atomic E-state index is 12.3. The lowest BCUT2D eigenvalue weighted by atomic mass is 10.1. The van der Waals surface area contributed by atoms with E-state index in [1.807, 2.05) is 59.3 Å². The molecule has 2 aromatic carbocycles. The van der Waals surface area contributed by atoms with Crippen LogP contribution in [0.15, 0.2) is 65.2 Å². The molecule has 0 unspecified atom stereocenters. The van der Waals surface area contributed by atoms with Crippen molar-refractivity contribution in [1.82, 2.24) is 14.8 Å². The van der Waals surface area contributed by atoms with Gasteiger partial charge in [-0.05, 0) is 24.6 Å². The average Bonchev–Trinajstić information content (AvgIpc) is 3.32. The van der Waals surface area contributed by atoms with E-state index in [1.165, 1.54) is 16.9 Å². The van der Waals surface area contributed by atoms with Crippen molar-refractivity contribution in [3.8, 4) is 17.3 Å². The fourth-order valence-corrected chi connectivity index (χ4v) is 3.72. The molecule has 0 radical (unpaired) electrons. The van der Waals surface area contributed by atoms with Crippen LogP contribution in [0.3, 0.4) is 0 Å². The van der Waals surface area contributed by atoms with E-state index in [2.05, 4.69) is 21.6 Å². The number of hydrazone groups is 1. The zero-order valence-electron chi connectivity index (χ0n) is 15.7. The van der Waals surface area contributed by atoms with E-state index < -0.39 is 0 Å². The average molecular weight is 399 g/mol. The van der Waals surface area contributed by atoms with Gasteiger partial charge in [0.1, 0.15) is 0 Å². The van der Waals surface area contributed by atoms with Crippen LogP contribution >= 0.6 is 11.3 Å². The van der Waals surface area contributed by atoms with Crippen LogP contribution < -0.4 is 5.43 Å². The van der Waals surface area contributed by atoms with E-state index in [9.17, 15) is 4.79 Å². The normalized spacial score (nSPS) is 11.0. The van der Waals surface area contributed by atoms with E-state index >= 15 is 0 Å². The Balaban J connectivity index is 1.45. The Labute approximate surface area is 171 Å². The van der Waals surface area contributed by atoms with Gasteiger partial charge in [0.25, 0.3) is 0 Å². The molecule has 0 aliphatic carbocycles. The lowest BCUT2D eigenvalue weighted by Gasteiger charge is -2.00. The fourth-order valence-electron chi connectivity index (χ4n) is 2.85. The third-order valence-electron chi connectivity index (χ3n) is 4.42. The summed E-state index contributed by atoms with van der Waals surface area (Å²) in [5.41, 5.74) is 7.86. The van der Waals surface area contributed by atoms with Crippen molar-refractivity contribution in [2.45, 2.75) is 13.3 Å². The topological polar surface area (TPSA) is 82.5 Å². The van der Waals surface area contributed by atoms with Crippen LogP contribution in [0.2, 0.25) is 0 Å². The van der Waals surface area contributed by atoms with Gasteiger partial charge in [0.2, 0.25) is 5.91 Å². The molecule has 1 N–H and O–H groups in total. The van der Waals surface area contributed by atoms with Gasteiger partial charge in [-0.3, -0.25) is 9.20 Å². The number of benzene rings is 2. The second-order valence-corrected chi connectivity index (χ2v) is 7.41. The van der Waals surface area contributed by atoms with Crippen LogP contribution in [-0.2, 0) is 11.2 Å². The van der Waals surface area contributed by atoms with E-state index in [0.717, 1.165) is 27.5 Å². The summed E-state index contributed by atoms with van der Waals surface area (Å²) in [7, 11) is 0. The van der Waals surface area contributed by atoms with E-state index in [1.54, 1.807) is 18.3 Å². The molecule has 7 heteroatoms. The number of nitrogens with one attached hydrogen (secondary N) is 1. The van der Waals surface area contributed by atoms with Crippen molar-refractivity contribution in [2.75, 3.05) is 0 Å². The van der Waals surface area contributed by atoms with Crippen LogP contribution in [0, 0.1) is 18.3 Å². The minimum Gasteiger partial charge on any atom is -0.294 e. The molecule has 0 aliphatic rings. The van der Waals surface area contributed by atoms with Crippen molar-refractivity contribution in [2.24, 2.45) is 5.10 Å². The van der Waals surface area contributed by atoms with Crippen LogP contribution in [0.4, 0.5) is 0 Å². The van der Waals surface area contributed by atoms with Crippen molar-refractivity contribution >= 4 is 28.4 Å². The number of amides is 1. The molecule has 0 saturated heterocycles. The maximum Gasteiger partial charge on any atom is 0.246 e. The molecule has 29 heavy (non-hydrogen) atoms. The first-order chi connectivity index (χ1) is 14.1. The van der Waals surface area contributed by atoms with Crippen molar-refractivity contribution in [1.29, 1.82) is 5.26 Å². The number of carbonyl (C=O) groups excluding carboxylic acids is 1. The number of carbonyl (C=O) groups is 1. The maximum atomic E-state index is 12.3. The second-order valence-electron chi connectivity index (χ2n) is 6.58. The first-order valence-corrected chi connectivity index (χ1v) is 9.85. The SMILES string of the molecule is Cc1ccc(/C=N/NC(=O)Cc2csc3nc(-c4ccc(C#N)cc4)cn23)cc1. The lowest BCUT2D eigenvalue weighted by molar-refractivity contribution is -0.120. The summed E-state index contributed by atoms with van der Waals surface area (Å²) in [6.07, 6.45) is 3.74. The molecule has 2 heterocycles. The first-order valence-electron chi connectivity index (χ1n) is 8.97. The van der Waals surface area contributed by atoms with E-state index in [0.29, 0.717) is 5.56 Å². The number of fused-ring (bicyclic) bond motifs is 1. The van der Waals surface area contributed by atoms with E-state index in [4.69, 9.17) is 5.26 Å². The Kier molecular flexibility index (Phi) is 5.18. The monoisotopic (exact) mass is 399 g/mol. The summed E-state index contributed by atoms with van der Waals surface area (Å²) < 4.78 is 1.92. The van der Waals surface area contributed by atoms with Crippen LogP contribution in [0.5, 0.6) is 0 Å². The Hall–Kier alpha value is -3.76. The fraction of sp³-hybridized carbons (Fsp3) is 0.0909. The van der Waals surface area contributed by atoms with Gasteiger partial charge >= 0.3 is 0 Å². The van der Waals surface area contributed by atoms with Crippen molar-refractivity contribution < 1.29 is 4.79 Å². The highest BCUT2D eigenvalue weighted by Crippen LogP contribution is 2.24. The molecule has 6 nitrogen and oxygen atoms in total. The van der Waals surface area contributed by atoms with E-state index in [-0.39, 0.29) is 12.3 Å². The minimum absolute atomic E-state index is 0.193. The number of nitriles is 1. The predicted octanol–water partition coefficient (Wildman–Crippen LogP) is 3.94. The molecule has 0 aliphatic heterocycles. The third-order valence-corrected chi connectivity index (χ3v) is 5.30. The zero-order chi connectivity index (χ0) is 20.2. The highest BCUT2D eigenvalue weighted by atomic mass is 32.1. The Bertz CT molecular complexity index is 1230. The molecule has 0 bridgehead atoms. The van der Waals surface area contributed by atoms with Crippen LogP contribution in [0.25, 0.3) is 16.2 Å². The summed E-state index contributed by atoms with van der Waals surface area (Å²) in [6.45, 7) is 2.02. The van der Waals surface area contributed by atoms with Gasteiger partial charge in [0.15, 0.2) is 4.96 Å². The molecule has 0 atom stereocenters. The molecule has 4 rings (SSSR count). The summed E-state index contributed by atoms with van der Waals surface area (Å²) >= 11 is 1.48. The molecule has 1 amide bonds. The summed E-state index contributed by atoms with van der Waals surface area (Å²) in [6, 6.07) is 17.3. The smallest absolute Gasteiger partial charge is 0.246 e. The largest absolute Gasteiger partial charge is 0.294 e. The van der Waals surface area contributed by atoms with Gasteiger partial charge in [-0.15, -0.1) is 11.3 Å². The summed E-state index contributed by atoms with van der Waals surface area (Å²) in [5, 5.41) is 14.9. The Morgan fingerprint density at radius 2 is 2.00 bits per heavy atom. The quantitative estimate of drug-likeness (QED) is 0.408. The number of aromatic nitrogens is 2. The molecule has 142 valence electrons.